The van der Waals surface area contributed by atoms with Gasteiger partial charge in [0.25, 0.3) is 0 Å². The molecule has 0 atom stereocenters. The maximum absolute atomic E-state index is 9.44. The highest BCUT2D eigenvalue weighted by Crippen LogP contribution is 2.19. The van der Waals surface area contributed by atoms with Gasteiger partial charge in [-0.25, -0.2) is 0 Å². The van der Waals surface area contributed by atoms with Crippen LogP contribution in [0.15, 0.2) is 0 Å². The first-order valence-corrected chi connectivity index (χ1v) is 26.4. The van der Waals surface area contributed by atoms with Crippen molar-refractivity contribution in [2.75, 3.05) is 0 Å². The molecule has 2 nitrogen and oxygen atoms in total. The predicted octanol–water partition coefficient (Wildman–Crippen LogP) is 19.9. The average molecular weight is 789 g/mol. The second-order valence-electron chi connectivity index (χ2n) is 18.8. The number of ketones is 2. The van der Waals surface area contributed by atoms with Crippen molar-refractivity contribution in [1.29, 1.82) is 0 Å². The molecule has 0 aromatic rings. The molecule has 0 aliphatic heterocycles. The third kappa shape index (κ3) is 65.2. The summed E-state index contributed by atoms with van der Waals surface area (Å²) in [5.41, 5.74) is 0. The van der Waals surface area contributed by atoms with Crippen LogP contribution in [0.5, 0.6) is 0 Å². The third-order valence-corrected chi connectivity index (χ3v) is 12.0. The number of Topliss-reactive ketones (excluding diaryl/α,β-unsaturated/α-hetero) is 2. The molecule has 0 heterocycles. The minimum Gasteiger partial charge on any atom is -0.300 e. The van der Waals surface area contributed by atoms with E-state index in [1.54, 1.807) is 0 Å². The van der Waals surface area contributed by atoms with Crippen LogP contribution in [0, 0.1) is 0 Å². The predicted molar refractivity (Wildman–Crippen MR) is 254 cm³/mol. The maximum Gasteiger partial charge on any atom is 0.126 e. The number of hydrogen-bond acceptors (Lipinski definition) is 2. The summed E-state index contributed by atoms with van der Waals surface area (Å²) in [6.07, 6.45) is 72.0. The van der Waals surface area contributed by atoms with Gasteiger partial charge in [-0.05, 0) is 27.7 Å². The summed E-state index contributed by atoms with van der Waals surface area (Å²) >= 11 is 0. The monoisotopic (exact) mass is 789 g/mol. The van der Waals surface area contributed by atoms with E-state index in [2.05, 4.69) is 0 Å². The summed E-state index contributed by atoms with van der Waals surface area (Å²) in [6.45, 7) is 6.11. The Morgan fingerprint density at radius 3 is 0.179 bits per heavy atom. The van der Waals surface area contributed by atoms with Crippen molar-refractivity contribution in [2.24, 2.45) is 0 Å². The van der Waals surface area contributed by atoms with Crippen molar-refractivity contribution in [3.05, 3.63) is 0 Å². The molecule has 8 fully saturated rings. The van der Waals surface area contributed by atoms with Gasteiger partial charge in [0.1, 0.15) is 11.6 Å². The van der Waals surface area contributed by atoms with Gasteiger partial charge < -0.3 is 9.59 Å². The van der Waals surface area contributed by atoms with Gasteiger partial charge in [0.05, 0.1) is 0 Å². The number of rotatable bonds is 0. The largest absolute Gasteiger partial charge is 0.300 e. The number of carbonyl (C=O) groups excluding carboxylic acids is 2. The first-order chi connectivity index (χ1) is 27.5. The molecule has 0 N–H and O–H groups in total. The van der Waals surface area contributed by atoms with Gasteiger partial charge in [0, 0.05) is 0 Å². The highest BCUT2D eigenvalue weighted by atomic mass is 16.1. The van der Waals surface area contributed by atoms with Gasteiger partial charge in [-0.2, -0.15) is 0 Å². The van der Waals surface area contributed by atoms with Crippen molar-refractivity contribution in [2.45, 2.75) is 336 Å². The van der Waals surface area contributed by atoms with E-state index < -0.39 is 0 Å². The van der Waals surface area contributed by atoms with Crippen LogP contribution in [0.25, 0.3) is 0 Å². The molecule has 2 heteroatoms. The van der Waals surface area contributed by atoms with Crippen molar-refractivity contribution < 1.29 is 9.59 Å². The van der Waals surface area contributed by atoms with Gasteiger partial charge in [-0.15, -0.1) is 0 Å². The van der Waals surface area contributed by atoms with Crippen LogP contribution in [-0.2, 0) is 9.59 Å². The standard InChI is InChI=1S/8C6H12.2C3H6O/c8*1-2-4-6-5-3-1;2*1-3(2)4/h8*1-6H2;2*1-2H3. The zero-order chi connectivity index (χ0) is 41.1. The molecule has 0 radical (unpaired) electrons. The molecule has 0 saturated heterocycles. The van der Waals surface area contributed by atoms with E-state index >= 15 is 0 Å². The summed E-state index contributed by atoms with van der Waals surface area (Å²) in [4.78, 5) is 18.9. The van der Waals surface area contributed by atoms with Gasteiger partial charge in [-0.3, -0.25) is 0 Å². The lowest BCUT2D eigenvalue weighted by molar-refractivity contribution is -0.115. The molecule has 8 rings (SSSR count). The van der Waals surface area contributed by atoms with Crippen molar-refractivity contribution in [3.8, 4) is 0 Å². The molecule has 0 bridgehead atoms. The van der Waals surface area contributed by atoms with E-state index in [4.69, 9.17) is 0 Å². The Morgan fingerprint density at radius 2 is 0.161 bits per heavy atom. The average Bonchev–Trinajstić information content (AvgIpc) is 3.30. The molecule has 0 aromatic carbocycles. The van der Waals surface area contributed by atoms with Crippen LogP contribution in [-0.4, -0.2) is 11.6 Å². The van der Waals surface area contributed by atoms with Crippen LogP contribution in [0.1, 0.15) is 336 Å². The Balaban J connectivity index is 0. The Labute approximate surface area is 355 Å². The minimum absolute atomic E-state index is 0.167. The molecule has 8 aliphatic rings. The Morgan fingerprint density at radius 1 is 0.143 bits per heavy atom. The van der Waals surface area contributed by atoms with E-state index in [1.807, 2.05) is 0 Å². The Hall–Kier alpha value is -0.660. The van der Waals surface area contributed by atoms with E-state index in [1.165, 1.54) is 336 Å². The van der Waals surface area contributed by atoms with Gasteiger partial charge in [0.2, 0.25) is 0 Å². The summed E-state index contributed by atoms with van der Waals surface area (Å²) in [6, 6.07) is 0. The molecule has 336 valence electrons. The van der Waals surface area contributed by atoms with Crippen molar-refractivity contribution >= 4 is 11.6 Å². The number of carbonyl (C=O) groups is 2. The van der Waals surface area contributed by atoms with Crippen LogP contribution in [0.2, 0.25) is 0 Å². The molecule has 56 heavy (non-hydrogen) atoms. The van der Waals surface area contributed by atoms with Crippen LogP contribution in [0.3, 0.4) is 0 Å². The molecular formula is C54H108O2. The zero-order valence-corrected chi connectivity index (χ0v) is 39.8. The maximum atomic E-state index is 9.44. The quantitative estimate of drug-likeness (QED) is 0.245. The topological polar surface area (TPSA) is 34.1 Å². The van der Waals surface area contributed by atoms with Crippen molar-refractivity contribution in [1.82, 2.24) is 0 Å². The second kappa shape index (κ2) is 54.3. The first-order valence-electron chi connectivity index (χ1n) is 26.4. The highest BCUT2D eigenvalue weighted by molar-refractivity contribution is 5.72. The van der Waals surface area contributed by atoms with Crippen LogP contribution in [0.4, 0.5) is 0 Å². The number of hydrogen-bond donors (Lipinski definition) is 0. The van der Waals surface area contributed by atoms with Gasteiger partial charge in [-0.1, -0.05) is 308 Å². The lowest BCUT2D eigenvalue weighted by Crippen LogP contribution is -1.85. The van der Waals surface area contributed by atoms with E-state index in [-0.39, 0.29) is 11.6 Å². The fourth-order valence-electron chi connectivity index (χ4n) is 8.49. The fourth-order valence-corrected chi connectivity index (χ4v) is 8.49. The molecule has 0 unspecified atom stereocenters. The molecule has 8 aliphatic carbocycles. The summed E-state index contributed by atoms with van der Waals surface area (Å²) in [5.74, 6) is 0.333. The zero-order valence-electron chi connectivity index (χ0n) is 39.8. The molecule has 0 spiro atoms. The van der Waals surface area contributed by atoms with Gasteiger partial charge in [0.15, 0.2) is 0 Å². The summed E-state index contributed by atoms with van der Waals surface area (Å²) < 4.78 is 0. The molecule has 8 saturated carbocycles. The third-order valence-electron chi connectivity index (χ3n) is 12.0. The Kier molecular flexibility index (Phi) is 55.7. The van der Waals surface area contributed by atoms with Gasteiger partial charge >= 0.3 is 0 Å². The van der Waals surface area contributed by atoms with E-state index in [9.17, 15) is 9.59 Å². The SMILES string of the molecule is C1CCCCC1.C1CCCCC1.C1CCCCC1.C1CCCCC1.C1CCCCC1.C1CCCCC1.C1CCCCC1.C1CCCCC1.CC(C)=O.CC(C)=O. The molecular weight excluding hydrogens is 681 g/mol. The highest BCUT2D eigenvalue weighted by Gasteiger charge is 1.99. The normalized spacial score (nSPS) is 21.5. The minimum atomic E-state index is 0.167. The van der Waals surface area contributed by atoms with Crippen LogP contribution < -0.4 is 0 Å². The van der Waals surface area contributed by atoms with E-state index in [0.29, 0.717) is 0 Å². The summed E-state index contributed by atoms with van der Waals surface area (Å²) in [7, 11) is 0. The van der Waals surface area contributed by atoms with E-state index in [0.717, 1.165) is 0 Å². The summed E-state index contributed by atoms with van der Waals surface area (Å²) in [5, 5.41) is 0. The molecule has 0 amide bonds. The second-order valence-corrected chi connectivity index (χ2v) is 18.8. The molecule has 0 aromatic heterocycles. The lowest BCUT2D eigenvalue weighted by Gasteiger charge is -2.05. The van der Waals surface area contributed by atoms with Crippen LogP contribution >= 0.6 is 0 Å². The smallest absolute Gasteiger partial charge is 0.126 e. The lowest BCUT2D eigenvalue weighted by atomic mass is 10.0. The first kappa shape index (κ1) is 57.4. The fraction of sp³-hybridized carbons (Fsp3) is 0.963. The van der Waals surface area contributed by atoms with Crippen molar-refractivity contribution in [3.63, 3.8) is 0 Å². The Bertz CT molecular complexity index is 425.